The summed E-state index contributed by atoms with van der Waals surface area (Å²) in [6.45, 7) is 6.03. The van der Waals surface area contributed by atoms with E-state index in [9.17, 15) is 20.0 Å². The Bertz CT molecular complexity index is 965. The minimum atomic E-state index is -0.564. The number of hydrogen-bond acceptors (Lipinski definition) is 6. The minimum absolute atomic E-state index is 0.0970. The molecule has 0 fully saturated rings. The summed E-state index contributed by atoms with van der Waals surface area (Å²) in [5.41, 5.74) is 1.78. The van der Waals surface area contributed by atoms with Crippen LogP contribution in [-0.2, 0) is 6.42 Å². The van der Waals surface area contributed by atoms with Gasteiger partial charge in [-0.05, 0) is 62.6 Å². The number of carbonyl (C=O) groups excluding carboxylic acids is 2. The molecule has 0 aliphatic carbocycles. The van der Waals surface area contributed by atoms with Crippen LogP contribution in [0, 0.1) is 11.3 Å². The lowest BCUT2D eigenvalue weighted by molar-refractivity contribution is 0.0916. The molecule has 2 aromatic rings. The van der Waals surface area contributed by atoms with Crippen molar-refractivity contribution in [3.05, 3.63) is 58.7 Å². The van der Waals surface area contributed by atoms with Crippen LogP contribution >= 0.6 is 0 Å². The Morgan fingerprint density at radius 1 is 1.22 bits per heavy atom. The zero-order valence-electron chi connectivity index (χ0n) is 18.8. The molecule has 0 aromatic heterocycles. The van der Waals surface area contributed by atoms with Crippen molar-refractivity contribution in [1.29, 1.82) is 5.26 Å². The molecule has 0 aliphatic heterocycles. The first-order valence-corrected chi connectivity index (χ1v) is 10.7. The number of carbonyl (C=O) groups is 2. The molecule has 0 aliphatic rings. The molecule has 32 heavy (non-hydrogen) atoms. The van der Waals surface area contributed by atoms with E-state index in [1.54, 1.807) is 24.3 Å². The number of hydrogen-bond donors (Lipinski definition) is 2. The number of nitriles is 1. The van der Waals surface area contributed by atoms with E-state index in [4.69, 9.17) is 9.47 Å². The Kier molecular flexibility index (Phi) is 9.71. The van der Waals surface area contributed by atoms with Gasteiger partial charge in [-0.25, -0.2) is 0 Å². The van der Waals surface area contributed by atoms with Crippen LogP contribution in [0.15, 0.2) is 36.4 Å². The van der Waals surface area contributed by atoms with Gasteiger partial charge in [-0.3, -0.25) is 9.59 Å². The monoisotopic (exact) mass is 438 g/mol. The molecule has 0 unspecified atom stereocenters. The highest BCUT2D eigenvalue weighted by atomic mass is 16.5. The first-order chi connectivity index (χ1) is 15.4. The van der Waals surface area contributed by atoms with Crippen molar-refractivity contribution in [2.45, 2.75) is 52.2 Å². The van der Waals surface area contributed by atoms with E-state index in [0.717, 1.165) is 24.7 Å². The van der Waals surface area contributed by atoms with E-state index in [0.29, 0.717) is 35.7 Å². The molecule has 0 radical (unpaired) electrons. The van der Waals surface area contributed by atoms with Crippen molar-refractivity contribution in [1.82, 2.24) is 5.32 Å². The number of unbranched alkanes of at least 4 members (excludes halogenated alkanes) is 1. The third kappa shape index (κ3) is 7.10. The summed E-state index contributed by atoms with van der Waals surface area (Å²) in [5, 5.41) is 21.9. The number of ether oxygens (including phenoxy) is 2. The molecule has 0 heterocycles. The van der Waals surface area contributed by atoms with Crippen molar-refractivity contribution in [2.75, 3.05) is 13.2 Å². The van der Waals surface area contributed by atoms with Gasteiger partial charge in [0.1, 0.15) is 17.6 Å². The number of amides is 1. The Labute approximate surface area is 189 Å². The maximum absolute atomic E-state index is 12.7. The summed E-state index contributed by atoms with van der Waals surface area (Å²) >= 11 is 0. The Hall–Kier alpha value is -3.37. The van der Waals surface area contributed by atoms with E-state index >= 15 is 0 Å². The van der Waals surface area contributed by atoms with Crippen LogP contribution in [0.3, 0.4) is 0 Å². The van der Waals surface area contributed by atoms with E-state index in [1.807, 2.05) is 26.0 Å². The molecule has 0 bridgehead atoms. The summed E-state index contributed by atoms with van der Waals surface area (Å²) in [5.74, 6) is 0.529. The predicted octanol–water partition coefficient (Wildman–Crippen LogP) is 3.67. The lowest BCUT2D eigenvalue weighted by Gasteiger charge is -2.18. The number of nitrogens with zero attached hydrogens (tertiary/aromatic N) is 1. The molecule has 7 nitrogen and oxygen atoms in total. The quantitative estimate of drug-likeness (QED) is 0.387. The van der Waals surface area contributed by atoms with Gasteiger partial charge in [0.05, 0.1) is 36.5 Å². The van der Waals surface area contributed by atoms with E-state index in [2.05, 4.69) is 12.2 Å². The zero-order valence-corrected chi connectivity index (χ0v) is 18.8. The average Bonchev–Trinajstić information content (AvgIpc) is 2.79. The van der Waals surface area contributed by atoms with Gasteiger partial charge in [0.15, 0.2) is 6.29 Å². The van der Waals surface area contributed by atoms with Crippen LogP contribution in [0.2, 0.25) is 0 Å². The summed E-state index contributed by atoms with van der Waals surface area (Å²) in [4.78, 5) is 24.1. The first-order valence-electron chi connectivity index (χ1n) is 10.7. The summed E-state index contributed by atoms with van der Waals surface area (Å²) in [7, 11) is 0. The molecule has 2 aromatic carbocycles. The van der Waals surface area contributed by atoms with E-state index < -0.39 is 11.9 Å². The molecular weight excluding hydrogens is 408 g/mol. The Morgan fingerprint density at radius 3 is 2.59 bits per heavy atom. The third-order valence-electron chi connectivity index (χ3n) is 4.72. The standard InChI is InChI=1S/C25H30N2O5/c1-4-5-10-31-23-8-6-18(11-21(23)15-28)12-22(16-29)27-25(30)19-7-9-24(32-17(2)3)20(13-19)14-26/h6-9,11,13,15,17,22,29H,4-5,10,12,16H2,1-3H3,(H,27,30)/t22-/m0/s1. The molecule has 0 spiro atoms. The first kappa shape index (κ1) is 24.9. The van der Waals surface area contributed by atoms with Crippen LogP contribution in [0.1, 0.15) is 65.5 Å². The second-order valence-corrected chi connectivity index (χ2v) is 7.74. The second-order valence-electron chi connectivity index (χ2n) is 7.74. The maximum atomic E-state index is 12.7. The second kappa shape index (κ2) is 12.5. The Morgan fingerprint density at radius 2 is 1.97 bits per heavy atom. The molecule has 1 atom stereocenters. The van der Waals surface area contributed by atoms with Crippen LogP contribution in [0.25, 0.3) is 0 Å². The fourth-order valence-electron chi connectivity index (χ4n) is 3.10. The number of aliphatic hydroxyl groups excluding tert-OH is 1. The van der Waals surface area contributed by atoms with Crippen LogP contribution in [0.5, 0.6) is 11.5 Å². The van der Waals surface area contributed by atoms with E-state index in [-0.39, 0.29) is 18.3 Å². The number of benzene rings is 2. The van der Waals surface area contributed by atoms with Gasteiger partial charge in [0, 0.05) is 5.56 Å². The van der Waals surface area contributed by atoms with Gasteiger partial charge in [-0.1, -0.05) is 19.4 Å². The smallest absolute Gasteiger partial charge is 0.251 e. The molecule has 0 saturated carbocycles. The largest absolute Gasteiger partial charge is 0.493 e. The highest BCUT2D eigenvalue weighted by Crippen LogP contribution is 2.22. The van der Waals surface area contributed by atoms with Gasteiger partial charge < -0.3 is 19.9 Å². The molecule has 170 valence electrons. The summed E-state index contributed by atoms with van der Waals surface area (Å²) in [6, 6.07) is 11.4. The topological polar surface area (TPSA) is 109 Å². The van der Waals surface area contributed by atoms with Crippen LogP contribution < -0.4 is 14.8 Å². The normalized spacial score (nSPS) is 11.5. The lowest BCUT2D eigenvalue weighted by atomic mass is 10.0. The van der Waals surface area contributed by atoms with Gasteiger partial charge in [-0.15, -0.1) is 0 Å². The minimum Gasteiger partial charge on any atom is -0.493 e. The summed E-state index contributed by atoms with van der Waals surface area (Å²) < 4.78 is 11.2. The number of aliphatic hydroxyl groups is 1. The molecule has 7 heteroatoms. The number of rotatable bonds is 12. The highest BCUT2D eigenvalue weighted by molar-refractivity contribution is 5.95. The van der Waals surface area contributed by atoms with Crippen molar-refractivity contribution < 1.29 is 24.2 Å². The maximum Gasteiger partial charge on any atom is 0.251 e. The van der Waals surface area contributed by atoms with Crippen molar-refractivity contribution in [3.8, 4) is 17.6 Å². The predicted molar refractivity (Wildman–Crippen MR) is 121 cm³/mol. The zero-order chi connectivity index (χ0) is 23.5. The molecule has 2 N–H and O–H groups in total. The number of nitrogens with one attached hydrogen (secondary N) is 1. The average molecular weight is 439 g/mol. The molecule has 0 saturated heterocycles. The van der Waals surface area contributed by atoms with Crippen LogP contribution in [-0.4, -0.2) is 42.7 Å². The summed E-state index contributed by atoms with van der Waals surface area (Å²) in [6.07, 6.45) is 2.87. The van der Waals surface area contributed by atoms with Crippen molar-refractivity contribution in [2.24, 2.45) is 0 Å². The Balaban J connectivity index is 2.09. The van der Waals surface area contributed by atoms with Gasteiger partial charge >= 0.3 is 0 Å². The fraction of sp³-hybridized carbons (Fsp3) is 0.400. The fourth-order valence-corrected chi connectivity index (χ4v) is 3.10. The highest BCUT2D eigenvalue weighted by Gasteiger charge is 2.17. The molecular formula is C25H30N2O5. The van der Waals surface area contributed by atoms with Crippen molar-refractivity contribution >= 4 is 12.2 Å². The van der Waals surface area contributed by atoms with Crippen molar-refractivity contribution in [3.63, 3.8) is 0 Å². The molecule has 1 amide bonds. The van der Waals surface area contributed by atoms with E-state index in [1.165, 1.54) is 6.07 Å². The SMILES string of the molecule is CCCCOc1ccc(C[C@@H](CO)NC(=O)c2ccc(OC(C)C)c(C#N)c2)cc1C=O. The molecule has 2 rings (SSSR count). The lowest BCUT2D eigenvalue weighted by Crippen LogP contribution is -2.39. The number of aldehydes is 1. The van der Waals surface area contributed by atoms with Gasteiger partial charge in [-0.2, -0.15) is 5.26 Å². The van der Waals surface area contributed by atoms with Gasteiger partial charge in [0.25, 0.3) is 5.91 Å². The van der Waals surface area contributed by atoms with Crippen LogP contribution in [0.4, 0.5) is 0 Å². The van der Waals surface area contributed by atoms with Gasteiger partial charge in [0.2, 0.25) is 0 Å². The third-order valence-corrected chi connectivity index (χ3v) is 4.72.